The highest BCUT2D eigenvalue weighted by Gasteiger charge is 2.24. The number of carbonyl (C=O) groups is 2. The molecule has 3 heterocycles. The van der Waals surface area contributed by atoms with Gasteiger partial charge >= 0.3 is 5.97 Å². The van der Waals surface area contributed by atoms with Crippen LogP contribution >= 0.6 is 11.8 Å². The van der Waals surface area contributed by atoms with E-state index in [1.165, 1.54) is 18.9 Å². The van der Waals surface area contributed by atoms with Gasteiger partial charge in [-0.2, -0.15) is 0 Å². The lowest BCUT2D eigenvalue weighted by molar-refractivity contribution is -0.145. The minimum Gasteiger partial charge on any atom is -0.467 e. The van der Waals surface area contributed by atoms with Gasteiger partial charge in [-0.3, -0.25) is 9.20 Å². The molecule has 1 amide bonds. The number of para-hydroxylation sites is 1. The molecule has 1 N–H and O–H groups in total. The zero-order valence-electron chi connectivity index (χ0n) is 18.0. The van der Waals surface area contributed by atoms with Crippen molar-refractivity contribution in [1.82, 2.24) is 24.9 Å². The zero-order chi connectivity index (χ0) is 23.5. The molecule has 0 saturated heterocycles. The number of carbonyl (C=O) groups excluding carboxylic acids is 2. The van der Waals surface area contributed by atoms with Crippen LogP contribution < -0.4 is 5.32 Å². The molecule has 170 valence electrons. The van der Waals surface area contributed by atoms with E-state index >= 15 is 0 Å². The van der Waals surface area contributed by atoms with Crippen molar-refractivity contribution in [2.45, 2.75) is 11.2 Å². The first-order valence-electron chi connectivity index (χ1n) is 10.4. The minimum absolute atomic E-state index is 0.00550. The summed E-state index contributed by atoms with van der Waals surface area (Å²) in [5.74, 6) is 0.188. The number of thioether (sulfide) groups is 1. The van der Waals surface area contributed by atoms with Gasteiger partial charge in [-0.15, -0.1) is 10.2 Å². The smallest absolute Gasteiger partial charge is 0.333 e. The fraction of sp³-hybridized carbons (Fsp3) is 0.125. The van der Waals surface area contributed by atoms with Crippen molar-refractivity contribution in [2.75, 3.05) is 12.9 Å². The Balaban J connectivity index is 1.44. The van der Waals surface area contributed by atoms with Gasteiger partial charge in [0, 0.05) is 5.39 Å². The topological polar surface area (TPSA) is 112 Å². The quantitative estimate of drug-likeness (QED) is 0.282. The number of rotatable bonds is 7. The van der Waals surface area contributed by atoms with E-state index in [-0.39, 0.29) is 11.7 Å². The Labute approximate surface area is 198 Å². The second kappa shape index (κ2) is 9.36. The predicted molar refractivity (Wildman–Crippen MR) is 126 cm³/mol. The summed E-state index contributed by atoms with van der Waals surface area (Å²) in [4.78, 5) is 29.8. The summed E-state index contributed by atoms with van der Waals surface area (Å²) < 4.78 is 12.2. The fourth-order valence-electron chi connectivity index (χ4n) is 3.60. The largest absolute Gasteiger partial charge is 0.467 e. The summed E-state index contributed by atoms with van der Waals surface area (Å²) in [5, 5.41) is 12.7. The van der Waals surface area contributed by atoms with Crippen LogP contribution in [0.3, 0.4) is 0 Å². The molecule has 1 unspecified atom stereocenters. The van der Waals surface area contributed by atoms with Crippen molar-refractivity contribution in [3.63, 3.8) is 0 Å². The summed E-state index contributed by atoms with van der Waals surface area (Å²) in [7, 11) is 1.29. The number of furan rings is 1. The van der Waals surface area contributed by atoms with E-state index in [4.69, 9.17) is 14.1 Å². The molecular formula is C24H19N5O4S. The standard InChI is InChI=1S/C24H19N5O4S/c1-32-23(31)20(15-8-3-2-4-9-15)26-19(30)14-34-24-28-27-21-16-10-5-6-11-17(16)25-22(29(21)24)18-12-7-13-33-18/h2-13,20H,14H2,1H3,(H,26,30). The predicted octanol–water partition coefficient (Wildman–Crippen LogP) is 3.66. The first-order valence-corrected chi connectivity index (χ1v) is 11.4. The highest BCUT2D eigenvalue weighted by atomic mass is 32.2. The summed E-state index contributed by atoms with van der Waals surface area (Å²) in [5.41, 5.74) is 2.00. The Morgan fingerprint density at radius 1 is 1.06 bits per heavy atom. The lowest BCUT2D eigenvalue weighted by atomic mass is 10.1. The molecule has 10 heteroatoms. The van der Waals surface area contributed by atoms with Crippen LogP contribution in [-0.4, -0.2) is 44.3 Å². The van der Waals surface area contributed by atoms with E-state index in [0.29, 0.717) is 28.0 Å². The molecule has 0 spiro atoms. The number of benzene rings is 2. The van der Waals surface area contributed by atoms with Gasteiger partial charge in [-0.1, -0.05) is 54.2 Å². The molecule has 0 aliphatic rings. The molecule has 0 bridgehead atoms. The van der Waals surface area contributed by atoms with Crippen molar-refractivity contribution in [1.29, 1.82) is 0 Å². The van der Waals surface area contributed by atoms with Gasteiger partial charge in [0.05, 0.1) is 24.6 Å². The molecule has 2 aromatic carbocycles. The molecular weight excluding hydrogens is 454 g/mol. The summed E-state index contributed by atoms with van der Waals surface area (Å²) in [6.45, 7) is 0. The minimum atomic E-state index is -0.904. The Morgan fingerprint density at radius 2 is 1.85 bits per heavy atom. The summed E-state index contributed by atoms with van der Waals surface area (Å²) in [6.07, 6.45) is 1.57. The fourth-order valence-corrected chi connectivity index (χ4v) is 4.34. The second-order valence-corrected chi connectivity index (χ2v) is 8.24. The Hall–Kier alpha value is -4.18. The number of ether oxygens (including phenoxy) is 1. The molecule has 0 aliphatic carbocycles. The summed E-state index contributed by atoms with van der Waals surface area (Å²) in [6, 6.07) is 19.2. The average molecular weight is 474 g/mol. The third-order valence-corrected chi connectivity index (χ3v) is 6.09. The lowest BCUT2D eigenvalue weighted by Gasteiger charge is -2.16. The highest BCUT2D eigenvalue weighted by Crippen LogP contribution is 2.29. The number of methoxy groups -OCH3 is 1. The zero-order valence-corrected chi connectivity index (χ0v) is 18.9. The molecule has 1 atom stereocenters. The van der Waals surface area contributed by atoms with Crippen LogP contribution in [0.4, 0.5) is 0 Å². The van der Waals surface area contributed by atoms with Gasteiger partial charge in [-0.25, -0.2) is 9.78 Å². The van der Waals surface area contributed by atoms with Crippen molar-refractivity contribution >= 4 is 40.2 Å². The Bertz CT molecular complexity index is 1470. The van der Waals surface area contributed by atoms with E-state index in [0.717, 1.165) is 10.9 Å². The van der Waals surface area contributed by atoms with Crippen LogP contribution in [0, 0.1) is 0 Å². The van der Waals surface area contributed by atoms with Gasteiger partial charge in [-0.05, 0) is 29.8 Å². The molecule has 3 aromatic heterocycles. The van der Waals surface area contributed by atoms with E-state index in [2.05, 4.69) is 15.5 Å². The normalized spacial score (nSPS) is 12.0. The van der Waals surface area contributed by atoms with Crippen LogP contribution in [0.2, 0.25) is 0 Å². The third-order valence-electron chi connectivity index (χ3n) is 5.17. The van der Waals surface area contributed by atoms with Gasteiger partial charge in [0.1, 0.15) is 0 Å². The molecule has 9 nitrogen and oxygen atoms in total. The maximum absolute atomic E-state index is 12.8. The van der Waals surface area contributed by atoms with Crippen molar-refractivity contribution in [2.24, 2.45) is 0 Å². The number of nitrogens with zero attached hydrogens (tertiary/aromatic N) is 4. The van der Waals surface area contributed by atoms with Gasteiger partial charge in [0.2, 0.25) is 5.91 Å². The molecule has 5 rings (SSSR count). The second-order valence-electron chi connectivity index (χ2n) is 7.29. The number of fused-ring (bicyclic) bond motifs is 3. The van der Waals surface area contributed by atoms with E-state index in [9.17, 15) is 9.59 Å². The van der Waals surface area contributed by atoms with Crippen LogP contribution in [0.15, 0.2) is 82.6 Å². The first-order chi connectivity index (χ1) is 16.7. The molecule has 0 radical (unpaired) electrons. The molecule has 0 aliphatic heterocycles. The van der Waals surface area contributed by atoms with E-state index in [1.54, 1.807) is 47.1 Å². The highest BCUT2D eigenvalue weighted by molar-refractivity contribution is 7.99. The molecule has 34 heavy (non-hydrogen) atoms. The van der Waals surface area contributed by atoms with Crippen molar-refractivity contribution in [3.05, 3.63) is 78.6 Å². The van der Waals surface area contributed by atoms with Gasteiger partial charge in [0.25, 0.3) is 0 Å². The van der Waals surface area contributed by atoms with Crippen LogP contribution in [0.1, 0.15) is 11.6 Å². The maximum Gasteiger partial charge on any atom is 0.333 e. The Kier molecular flexibility index (Phi) is 5.96. The number of aromatic nitrogens is 4. The van der Waals surface area contributed by atoms with E-state index in [1.807, 2.05) is 30.3 Å². The molecule has 5 aromatic rings. The monoisotopic (exact) mass is 473 g/mol. The number of nitrogens with one attached hydrogen (secondary N) is 1. The van der Waals surface area contributed by atoms with Crippen LogP contribution in [0.5, 0.6) is 0 Å². The first kappa shape index (κ1) is 21.7. The van der Waals surface area contributed by atoms with Crippen molar-refractivity contribution in [3.8, 4) is 11.6 Å². The maximum atomic E-state index is 12.8. The number of esters is 1. The lowest BCUT2D eigenvalue weighted by Crippen LogP contribution is -2.35. The SMILES string of the molecule is COC(=O)C(NC(=O)CSc1nnc2c3ccccc3nc(-c3ccco3)n12)c1ccccc1. The van der Waals surface area contributed by atoms with Crippen molar-refractivity contribution < 1.29 is 18.7 Å². The molecule has 0 fully saturated rings. The average Bonchev–Trinajstić information content (AvgIpc) is 3.56. The molecule has 0 saturated carbocycles. The summed E-state index contributed by atoms with van der Waals surface area (Å²) >= 11 is 1.18. The number of hydrogen-bond donors (Lipinski definition) is 1. The van der Waals surface area contributed by atoms with Crippen LogP contribution in [-0.2, 0) is 14.3 Å². The number of amides is 1. The number of hydrogen-bond acceptors (Lipinski definition) is 8. The van der Waals surface area contributed by atoms with Crippen LogP contribution in [0.25, 0.3) is 28.1 Å². The Morgan fingerprint density at radius 3 is 2.62 bits per heavy atom. The van der Waals surface area contributed by atoms with Gasteiger partial charge in [0.15, 0.2) is 28.4 Å². The third kappa shape index (κ3) is 4.11. The van der Waals surface area contributed by atoms with E-state index < -0.39 is 12.0 Å². The van der Waals surface area contributed by atoms with Gasteiger partial charge < -0.3 is 14.5 Å².